The highest BCUT2D eigenvalue weighted by Crippen LogP contribution is 2.59. The van der Waals surface area contributed by atoms with Crippen LogP contribution in [0.5, 0.6) is 0 Å². The van der Waals surface area contributed by atoms with Gasteiger partial charge in [-0.25, -0.2) is 0 Å². The summed E-state index contributed by atoms with van der Waals surface area (Å²) in [4.78, 5) is 0. The summed E-state index contributed by atoms with van der Waals surface area (Å²) in [7, 11) is 7.00. The molecule has 4 heteroatoms. The van der Waals surface area contributed by atoms with Crippen molar-refractivity contribution in [1.29, 1.82) is 0 Å². The first-order chi connectivity index (χ1) is 15.6. The Morgan fingerprint density at radius 1 is 0.438 bits per heavy atom. The lowest BCUT2D eigenvalue weighted by Gasteiger charge is -2.31. The van der Waals surface area contributed by atoms with Gasteiger partial charge >= 0.3 is 0 Å². The summed E-state index contributed by atoms with van der Waals surface area (Å²) in [5.41, 5.74) is 5.26. The lowest BCUT2D eigenvalue weighted by atomic mass is 9.89. The molecule has 0 N–H and O–H groups in total. The Hall–Kier alpha value is -2.50. The van der Waals surface area contributed by atoms with Crippen LogP contribution in [0.15, 0.2) is 60.7 Å². The van der Waals surface area contributed by atoms with E-state index in [4.69, 9.17) is 18.9 Å². The van der Waals surface area contributed by atoms with Gasteiger partial charge in [-0.3, -0.25) is 0 Å². The van der Waals surface area contributed by atoms with Gasteiger partial charge in [-0.15, -0.1) is 0 Å². The maximum absolute atomic E-state index is 5.93. The van der Waals surface area contributed by atoms with Crippen molar-refractivity contribution in [2.45, 2.75) is 35.2 Å². The number of fused-ring (bicyclic) bond motifs is 12. The van der Waals surface area contributed by atoms with Crippen molar-refractivity contribution in [1.82, 2.24) is 0 Å². The van der Waals surface area contributed by atoms with Crippen LogP contribution in [0.25, 0.3) is 21.5 Å². The molecule has 32 heavy (non-hydrogen) atoms. The molecule has 4 unspecified atom stereocenters. The minimum atomic E-state index is -0.616. The second kappa shape index (κ2) is 6.09. The maximum Gasteiger partial charge on any atom is 0.188 e. The third kappa shape index (κ3) is 1.95. The molecule has 0 radical (unpaired) electrons. The molecular weight excluding hydrogens is 400 g/mol. The average molecular weight is 427 g/mol. The van der Waals surface area contributed by atoms with Gasteiger partial charge in [-0.2, -0.15) is 0 Å². The Bertz CT molecular complexity index is 1160. The third-order valence-electron chi connectivity index (χ3n) is 8.54. The third-order valence-corrected chi connectivity index (χ3v) is 8.54. The molecule has 0 aromatic heterocycles. The zero-order valence-electron chi connectivity index (χ0n) is 18.7. The van der Waals surface area contributed by atoms with E-state index in [0.29, 0.717) is 0 Å². The fourth-order valence-electron chi connectivity index (χ4n) is 7.08. The normalized spacial score (nSPS) is 29.4. The smallest absolute Gasteiger partial charge is 0.188 e. The zero-order chi connectivity index (χ0) is 21.8. The van der Waals surface area contributed by atoms with Gasteiger partial charge in [0.05, 0.1) is 23.7 Å². The molecule has 162 valence electrons. The molecule has 0 spiro atoms. The Morgan fingerprint density at radius 2 is 0.688 bits per heavy atom. The van der Waals surface area contributed by atoms with E-state index in [1.807, 2.05) is 0 Å². The number of rotatable bonds is 4. The molecule has 0 amide bonds. The first-order valence-electron chi connectivity index (χ1n) is 11.2. The molecule has 3 aromatic carbocycles. The van der Waals surface area contributed by atoms with Gasteiger partial charge in [0.2, 0.25) is 0 Å². The molecule has 0 saturated carbocycles. The number of hydrogen-bond donors (Lipinski definition) is 0. The van der Waals surface area contributed by atoms with E-state index >= 15 is 0 Å². The van der Waals surface area contributed by atoms with E-state index in [9.17, 15) is 0 Å². The van der Waals surface area contributed by atoms with E-state index in [2.05, 4.69) is 60.7 Å². The molecule has 0 fully saturated rings. The molecule has 7 rings (SSSR count). The van der Waals surface area contributed by atoms with E-state index in [1.54, 1.807) is 28.4 Å². The predicted molar refractivity (Wildman–Crippen MR) is 124 cm³/mol. The van der Waals surface area contributed by atoms with E-state index in [0.717, 1.165) is 0 Å². The molecule has 0 heterocycles. The summed E-state index contributed by atoms with van der Waals surface area (Å²) in [5.74, 6) is -0.723. The molecule has 4 nitrogen and oxygen atoms in total. The van der Waals surface area contributed by atoms with E-state index in [1.165, 1.54) is 43.8 Å². The lowest BCUT2D eigenvalue weighted by molar-refractivity contribution is -0.210. The summed E-state index contributed by atoms with van der Waals surface area (Å²) in [5, 5.41) is 5.01. The monoisotopic (exact) mass is 426 g/mol. The highest BCUT2D eigenvalue weighted by Gasteiger charge is 2.57. The number of benzene rings is 3. The topological polar surface area (TPSA) is 36.9 Å². The maximum atomic E-state index is 5.93. The van der Waals surface area contributed by atoms with Gasteiger partial charge in [-0.1, -0.05) is 48.6 Å². The lowest BCUT2D eigenvalue weighted by Crippen LogP contribution is -2.37. The summed E-state index contributed by atoms with van der Waals surface area (Å²) in [6, 6.07) is 14.0. The van der Waals surface area contributed by atoms with E-state index < -0.39 is 11.6 Å². The van der Waals surface area contributed by atoms with E-state index in [-0.39, 0.29) is 23.7 Å². The van der Waals surface area contributed by atoms with Crippen molar-refractivity contribution >= 4 is 21.5 Å². The fourth-order valence-corrected chi connectivity index (χ4v) is 7.08. The molecular formula is C28H26O4. The summed E-state index contributed by atoms with van der Waals surface area (Å²) < 4.78 is 23.7. The second-order valence-electron chi connectivity index (χ2n) is 9.45. The van der Waals surface area contributed by atoms with Crippen LogP contribution in [0.1, 0.15) is 45.9 Å². The van der Waals surface area contributed by atoms with Gasteiger partial charge in [0.1, 0.15) is 0 Å². The van der Waals surface area contributed by atoms with Gasteiger partial charge in [0.25, 0.3) is 0 Å². The average Bonchev–Trinajstić information content (AvgIpc) is 3.52. The number of hydrogen-bond acceptors (Lipinski definition) is 4. The standard InChI is InChI=1S/C28H26O4/c1-29-27(30-2)23-5-6-24(27)20-12-16-10-18-14-22-21(13-17(18)9-15(16)11-19(20)23)25-7-8-26(22)28(25,31-3)32-4/h5-14,23-26H,1-4H3. The van der Waals surface area contributed by atoms with Gasteiger partial charge in [-0.05, 0) is 55.9 Å². The number of methoxy groups -OCH3 is 4. The van der Waals surface area contributed by atoms with Gasteiger partial charge in [0, 0.05) is 28.4 Å². The molecule has 4 aliphatic carbocycles. The molecule has 4 atom stereocenters. The van der Waals surface area contributed by atoms with Crippen LogP contribution < -0.4 is 0 Å². The fraction of sp³-hybridized carbons (Fsp3) is 0.357. The van der Waals surface area contributed by atoms with Crippen molar-refractivity contribution in [2.75, 3.05) is 28.4 Å². The largest absolute Gasteiger partial charge is 0.351 e. The molecule has 4 aliphatic rings. The highest BCUT2D eigenvalue weighted by molar-refractivity contribution is 6.00. The van der Waals surface area contributed by atoms with Crippen molar-refractivity contribution < 1.29 is 18.9 Å². The molecule has 3 aromatic rings. The predicted octanol–water partition coefficient (Wildman–Crippen LogP) is 5.47. The summed E-state index contributed by atoms with van der Waals surface area (Å²) >= 11 is 0. The van der Waals surface area contributed by atoms with Crippen molar-refractivity contribution in [3.05, 3.63) is 83.0 Å². The minimum absolute atomic E-state index is 0.127. The molecule has 0 saturated heterocycles. The van der Waals surface area contributed by atoms with Crippen molar-refractivity contribution in [3.63, 3.8) is 0 Å². The molecule has 4 bridgehead atoms. The van der Waals surface area contributed by atoms with Crippen LogP contribution >= 0.6 is 0 Å². The van der Waals surface area contributed by atoms with Gasteiger partial charge < -0.3 is 18.9 Å². The van der Waals surface area contributed by atoms with Crippen LogP contribution in [0.2, 0.25) is 0 Å². The summed E-state index contributed by atoms with van der Waals surface area (Å²) in [6.07, 6.45) is 8.94. The number of ether oxygens (including phenoxy) is 4. The van der Waals surface area contributed by atoms with Crippen molar-refractivity contribution in [2.24, 2.45) is 0 Å². The Kier molecular flexibility index (Phi) is 3.62. The zero-order valence-corrected chi connectivity index (χ0v) is 18.7. The van der Waals surface area contributed by atoms with Crippen LogP contribution in [0.4, 0.5) is 0 Å². The highest BCUT2D eigenvalue weighted by atomic mass is 16.7. The molecule has 0 aliphatic heterocycles. The summed E-state index contributed by atoms with van der Waals surface area (Å²) in [6.45, 7) is 0. The Morgan fingerprint density at radius 3 is 0.906 bits per heavy atom. The van der Waals surface area contributed by atoms with Crippen LogP contribution in [-0.4, -0.2) is 40.0 Å². The Balaban J connectivity index is 1.41. The minimum Gasteiger partial charge on any atom is -0.351 e. The first kappa shape index (κ1) is 19.0. The van der Waals surface area contributed by atoms with Crippen LogP contribution in [-0.2, 0) is 18.9 Å². The quantitative estimate of drug-likeness (QED) is 0.315. The van der Waals surface area contributed by atoms with Crippen molar-refractivity contribution in [3.8, 4) is 0 Å². The van der Waals surface area contributed by atoms with Gasteiger partial charge in [0.15, 0.2) is 11.6 Å². The van der Waals surface area contributed by atoms with Crippen LogP contribution in [0.3, 0.4) is 0 Å². The van der Waals surface area contributed by atoms with Crippen LogP contribution in [0, 0.1) is 0 Å². The first-order valence-corrected chi connectivity index (χ1v) is 11.2. The Labute approximate surface area is 187 Å². The second-order valence-corrected chi connectivity index (χ2v) is 9.45. The SMILES string of the molecule is COC1(OC)C2C=CC1c1cc3cc4cc5c(cc4cc3cc12)C1C=CC5C1(OC)OC.